The lowest BCUT2D eigenvalue weighted by molar-refractivity contribution is -0.117. The van der Waals surface area contributed by atoms with E-state index in [0.29, 0.717) is 43.1 Å². The van der Waals surface area contributed by atoms with Crippen LogP contribution in [0.4, 0.5) is 24.0 Å². The van der Waals surface area contributed by atoms with Crippen LogP contribution in [0.5, 0.6) is 5.88 Å². The van der Waals surface area contributed by atoms with E-state index in [1.807, 2.05) is 0 Å². The number of rotatable bonds is 10. The minimum atomic E-state index is -3.93. The Labute approximate surface area is 226 Å². The molecule has 0 saturated heterocycles. The van der Waals surface area contributed by atoms with Gasteiger partial charge in [0, 0.05) is 30.6 Å². The third-order valence-electron chi connectivity index (χ3n) is 6.67. The first-order valence-corrected chi connectivity index (χ1v) is 14.9. The summed E-state index contributed by atoms with van der Waals surface area (Å²) < 4.78 is 73.4. The van der Waals surface area contributed by atoms with Crippen molar-refractivity contribution in [2.75, 3.05) is 17.2 Å². The summed E-state index contributed by atoms with van der Waals surface area (Å²) in [7, 11) is -2.40. The first-order valence-electron chi connectivity index (χ1n) is 12.2. The van der Waals surface area contributed by atoms with Crippen molar-refractivity contribution < 1.29 is 31.1 Å². The number of sulfonamides is 1. The number of alkyl halides is 3. The van der Waals surface area contributed by atoms with Crippen molar-refractivity contribution >= 4 is 55.4 Å². The number of ether oxygens (including phenoxy) is 1. The van der Waals surface area contributed by atoms with Gasteiger partial charge >= 0.3 is 6.61 Å². The Bertz CT molecular complexity index is 1340. The van der Waals surface area contributed by atoms with Crippen molar-refractivity contribution in [2.24, 2.45) is 18.9 Å². The molecule has 5 rings (SSSR count). The van der Waals surface area contributed by atoms with E-state index in [1.165, 1.54) is 29.1 Å². The maximum Gasteiger partial charge on any atom is 0.388 e. The minimum Gasteiger partial charge on any atom is -0.415 e. The lowest BCUT2D eigenvalue weighted by Crippen LogP contribution is -2.41. The number of thiocarbonyl (C=S) groups is 1. The number of carbonyl (C=O) groups is 1. The van der Waals surface area contributed by atoms with Crippen molar-refractivity contribution in [3.05, 3.63) is 16.5 Å². The summed E-state index contributed by atoms with van der Waals surface area (Å²) in [6, 6.07) is 1.05. The van der Waals surface area contributed by atoms with Gasteiger partial charge in [-0.05, 0) is 62.2 Å². The van der Waals surface area contributed by atoms with E-state index in [2.05, 4.69) is 30.5 Å². The SMILES string of the molecule is Cn1nc(OC(F)F)cc1NC(=S)N[C@H]1CCc2sc(NC(=O)[C@H]3C[C@@H]3F)c(S(=O)(=O)NCC3CC3)c2C1. The second-order valence-corrected chi connectivity index (χ2v) is 12.9. The van der Waals surface area contributed by atoms with E-state index < -0.39 is 34.6 Å². The summed E-state index contributed by atoms with van der Waals surface area (Å²) in [5.41, 5.74) is 0.598. The molecule has 3 aliphatic rings. The number of thiophene rings is 1. The van der Waals surface area contributed by atoms with Crippen molar-refractivity contribution in [1.82, 2.24) is 19.8 Å². The molecule has 3 aliphatic carbocycles. The quantitative estimate of drug-likeness (QED) is 0.311. The van der Waals surface area contributed by atoms with Gasteiger partial charge in [0.2, 0.25) is 21.8 Å². The molecule has 0 radical (unpaired) electrons. The van der Waals surface area contributed by atoms with Gasteiger partial charge in [0.05, 0.1) is 5.92 Å². The van der Waals surface area contributed by atoms with Crippen LogP contribution in [0.25, 0.3) is 0 Å². The fourth-order valence-electron chi connectivity index (χ4n) is 4.35. The number of halogens is 3. The monoisotopic (exact) mass is 592 g/mol. The number of fused-ring (bicyclic) bond motifs is 1. The van der Waals surface area contributed by atoms with Crippen LogP contribution in [0.1, 0.15) is 36.1 Å². The standard InChI is InChI=1S/C22H27F3N6O4S3/c1-31-16(8-17(30-31)35-21(24)25)28-22(36)27-11-4-5-15-13(6-11)18(38(33,34)26-9-10-2-3-10)20(37-15)29-19(32)12-7-14(12)23/h8,10-12,14,21,26H,2-7,9H2,1H3,(H,29,32)(H2,27,28,36)/t11-,12-,14-/m0/s1. The Morgan fingerprint density at radius 3 is 2.71 bits per heavy atom. The zero-order valence-electron chi connectivity index (χ0n) is 20.3. The summed E-state index contributed by atoms with van der Waals surface area (Å²) in [5.74, 6) is -0.884. The van der Waals surface area contributed by atoms with Gasteiger partial charge in [0.15, 0.2) is 5.11 Å². The molecule has 1 amide bonds. The molecule has 2 aromatic heterocycles. The number of aromatic nitrogens is 2. The average Bonchev–Trinajstić information content (AvgIpc) is 3.73. The van der Waals surface area contributed by atoms with Crippen LogP contribution in [0.3, 0.4) is 0 Å². The van der Waals surface area contributed by atoms with Crippen molar-refractivity contribution in [2.45, 2.75) is 62.2 Å². The van der Waals surface area contributed by atoms with Crippen LogP contribution in [0, 0.1) is 11.8 Å². The Balaban J connectivity index is 1.31. The normalized spacial score (nSPS) is 22.6. The predicted octanol–water partition coefficient (Wildman–Crippen LogP) is 2.91. The average molecular weight is 593 g/mol. The lowest BCUT2D eigenvalue weighted by atomic mass is 9.94. The second-order valence-electron chi connectivity index (χ2n) is 9.71. The van der Waals surface area contributed by atoms with E-state index >= 15 is 0 Å². The molecule has 0 bridgehead atoms. The molecule has 2 saturated carbocycles. The Morgan fingerprint density at radius 1 is 1.32 bits per heavy atom. The van der Waals surface area contributed by atoms with E-state index in [-0.39, 0.29) is 33.4 Å². The molecule has 10 nitrogen and oxygen atoms in total. The van der Waals surface area contributed by atoms with Gasteiger partial charge in [0.25, 0.3) is 0 Å². The van der Waals surface area contributed by atoms with Crippen LogP contribution < -0.4 is 25.4 Å². The molecule has 0 spiro atoms. The van der Waals surface area contributed by atoms with Gasteiger partial charge in [-0.15, -0.1) is 16.4 Å². The van der Waals surface area contributed by atoms with E-state index in [0.717, 1.165) is 17.7 Å². The lowest BCUT2D eigenvalue weighted by Gasteiger charge is -2.25. The van der Waals surface area contributed by atoms with Crippen LogP contribution in [-0.2, 0) is 34.7 Å². The summed E-state index contributed by atoms with van der Waals surface area (Å²) in [5, 5.41) is 13.0. The number of hydrogen-bond acceptors (Lipinski definition) is 7. The zero-order chi connectivity index (χ0) is 27.2. The molecule has 4 N–H and O–H groups in total. The molecular weight excluding hydrogens is 565 g/mol. The zero-order valence-corrected chi connectivity index (χ0v) is 22.7. The summed E-state index contributed by atoms with van der Waals surface area (Å²) in [6.07, 6.45) is 2.39. The maximum atomic E-state index is 13.5. The Kier molecular flexibility index (Phi) is 7.59. The third kappa shape index (κ3) is 6.24. The van der Waals surface area contributed by atoms with Crippen molar-refractivity contribution in [1.29, 1.82) is 0 Å². The molecule has 38 heavy (non-hydrogen) atoms. The topological polar surface area (TPSA) is 126 Å². The molecule has 2 aromatic rings. The fourth-order valence-corrected chi connectivity index (χ4v) is 7.71. The van der Waals surface area contributed by atoms with Gasteiger partial charge in [0.1, 0.15) is 21.9 Å². The smallest absolute Gasteiger partial charge is 0.388 e. The largest absolute Gasteiger partial charge is 0.415 e. The number of hydrogen-bond donors (Lipinski definition) is 4. The van der Waals surface area contributed by atoms with E-state index in [4.69, 9.17) is 12.2 Å². The highest BCUT2D eigenvalue weighted by molar-refractivity contribution is 7.90. The second kappa shape index (κ2) is 10.6. The first kappa shape index (κ1) is 27.1. The number of aryl methyl sites for hydroxylation is 2. The summed E-state index contributed by atoms with van der Waals surface area (Å²) >= 11 is 6.60. The van der Waals surface area contributed by atoms with Gasteiger partial charge in [-0.3, -0.25) is 4.79 Å². The van der Waals surface area contributed by atoms with E-state index in [9.17, 15) is 26.4 Å². The summed E-state index contributed by atoms with van der Waals surface area (Å²) in [4.78, 5) is 13.3. The highest BCUT2D eigenvalue weighted by atomic mass is 32.2. The molecule has 0 aliphatic heterocycles. The van der Waals surface area contributed by atoms with Gasteiger partial charge < -0.3 is 20.7 Å². The van der Waals surface area contributed by atoms with Gasteiger partial charge in [-0.1, -0.05) is 0 Å². The Hall–Kier alpha value is -2.43. The molecule has 208 valence electrons. The molecule has 3 atom stereocenters. The Morgan fingerprint density at radius 2 is 2.05 bits per heavy atom. The molecular formula is C22H27F3N6O4S3. The van der Waals surface area contributed by atoms with Crippen LogP contribution in [0.15, 0.2) is 11.0 Å². The van der Waals surface area contributed by atoms with Crippen LogP contribution in [0.2, 0.25) is 0 Å². The van der Waals surface area contributed by atoms with Gasteiger partial charge in [-0.2, -0.15) is 8.78 Å². The fraction of sp³-hybridized carbons (Fsp3) is 0.591. The van der Waals surface area contributed by atoms with Crippen LogP contribution in [-0.4, -0.2) is 54.6 Å². The highest BCUT2D eigenvalue weighted by Crippen LogP contribution is 2.43. The number of carbonyl (C=O) groups excluding carboxylic acids is 1. The predicted molar refractivity (Wildman–Crippen MR) is 139 cm³/mol. The van der Waals surface area contributed by atoms with Crippen LogP contribution >= 0.6 is 23.6 Å². The number of nitrogens with one attached hydrogen (secondary N) is 4. The maximum absolute atomic E-state index is 13.5. The molecule has 16 heteroatoms. The number of amides is 1. The highest BCUT2D eigenvalue weighted by Gasteiger charge is 2.44. The minimum absolute atomic E-state index is 0.0355. The van der Waals surface area contributed by atoms with E-state index in [1.54, 1.807) is 0 Å². The number of nitrogens with zero attached hydrogens (tertiary/aromatic N) is 2. The number of anilines is 2. The van der Waals surface area contributed by atoms with Gasteiger partial charge in [-0.25, -0.2) is 22.2 Å². The third-order valence-corrected chi connectivity index (χ3v) is 9.76. The van der Waals surface area contributed by atoms with Crippen molar-refractivity contribution in [3.8, 4) is 5.88 Å². The molecule has 0 unspecified atom stereocenters. The molecule has 2 fully saturated rings. The summed E-state index contributed by atoms with van der Waals surface area (Å²) in [6.45, 7) is -2.68. The molecule has 2 heterocycles. The molecule has 0 aromatic carbocycles. The first-order chi connectivity index (χ1) is 18.0. The van der Waals surface area contributed by atoms with Crippen molar-refractivity contribution in [3.63, 3.8) is 0 Å².